The Morgan fingerprint density at radius 3 is 2.71 bits per heavy atom. The Balaban J connectivity index is 2.08. The summed E-state index contributed by atoms with van der Waals surface area (Å²) in [4.78, 5) is 4.66. The van der Waals surface area contributed by atoms with Crippen molar-refractivity contribution in [2.45, 2.75) is 71.9 Å². The molecule has 4 atom stereocenters. The Labute approximate surface area is 129 Å². The van der Waals surface area contributed by atoms with Crippen molar-refractivity contribution >= 4 is 0 Å². The van der Waals surface area contributed by atoms with Crippen LogP contribution in [-0.4, -0.2) is 17.1 Å². The first-order valence-electron chi connectivity index (χ1n) is 8.38. The predicted molar refractivity (Wildman–Crippen MR) is 87.5 cm³/mol. The number of aromatic nitrogens is 1. The largest absolute Gasteiger partial charge is 0.489 e. The first-order valence-corrected chi connectivity index (χ1v) is 8.38. The van der Waals surface area contributed by atoms with Gasteiger partial charge in [0.25, 0.3) is 0 Å². The highest BCUT2D eigenvalue weighted by Crippen LogP contribution is 2.32. The number of ether oxygens (including phenoxy) is 1. The lowest BCUT2D eigenvalue weighted by molar-refractivity contribution is 0.0991. The summed E-state index contributed by atoms with van der Waals surface area (Å²) >= 11 is 0. The molecule has 2 N–H and O–H groups in total. The van der Waals surface area contributed by atoms with Gasteiger partial charge < -0.3 is 10.5 Å². The van der Waals surface area contributed by atoms with E-state index in [4.69, 9.17) is 10.5 Å². The molecule has 21 heavy (non-hydrogen) atoms. The summed E-state index contributed by atoms with van der Waals surface area (Å²) in [6.07, 6.45) is 5.65. The van der Waals surface area contributed by atoms with Crippen LogP contribution in [0.25, 0.3) is 0 Å². The molecule has 1 saturated carbocycles. The lowest BCUT2D eigenvalue weighted by Gasteiger charge is -2.32. The smallest absolute Gasteiger partial charge is 0.141 e. The average molecular weight is 290 g/mol. The Bertz CT molecular complexity index is 461. The molecule has 0 radical (unpaired) electrons. The van der Waals surface area contributed by atoms with E-state index < -0.39 is 0 Å². The fraction of sp³-hybridized carbons (Fsp3) is 0.722. The lowest BCUT2D eigenvalue weighted by atomic mass is 9.80. The molecule has 2 rings (SSSR count). The minimum atomic E-state index is 0.159. The Morgan fingerprint density at radius 2 is 2.05 bits per heavy atom. The molecule has 3 heteroatoms. The molecule has 1 aliphatic rings. The normalized spacial score (nSPS) is 27.4. The van der Waals surface area contributed by atoms with Crippen LogP contribution in [0.5, 0.6) is 5.75 Å². The fourth-order valence-electron chi connectivity index (χ4n) is 3.03. The second-order valence-corrected chi connectivity index (χ2v) is 6.78. The zero-order valence-electron chi connectivity index (χ0n) is 13.9. The van der Waals surface area contributed by atoms with Crippen LogP contribution in [0.2, 0.25) is 0 Å². The minimum Gasteiger partial charge on any atom is -0.489 e. The third kappa shape index (κ3) is 4.44. The third-order valence-electron chi connectivity index (χ3n) is 4.90. The SMILES string of the molecule is CCC(N)Cc1nc(C)ccc1OC1CCC(C)C(C)C1. The molecule has 4 unspecified atom stereocenters. The van der Waals surface area contributed by atoms with Crippen molar-refractivity contribution in [3.05, 3.63) is 23.5 Å². The van der Waals surface area contributed by atoms with Gasteiger partial charge in [-0.3, -0.25) is 4.98 Å². The summed E-state index contributed by atoms with van der Waals surface area (Å²) in [5.41, 5.74) is 8.16. The Hall–Kier alpha value is -1.09. The van der Waals surface area contributed by atoms with Crippen LogP contribution in [0, 0.1) is 18.8 Å². The summed E-state index contributed by atoms with van der Waals surface area (Å²) in [6.45, 7) is 8.82. The van der Waals surface area contributed by atoms with E-state index in [2.05, 4.69) is 31.8 Å². The molecule has 1 aliphatic carbocycles. The number of pyridine rings is 1. The summed E-state index contributed by atoms with van der Waals surface area (Å²) in [5.74, 6) is 2.49. The van der Waals surface area contributed by atoms with E-state index in [-0.39, 0.29) is 6.04 Å². The van der Waals surface area contributed by atoms with Crippen molar-refractivity contribution in [2.24, 2.45) is 17.6 Å². The number of nitrogens with two attached hydrogens (primary N) is 1. The topological polar surface area (TPSA) is 48.1 Å². The minimum absolute atomic E-state index is 0.159. The maximum absolute atomic E-state index is 6.29. The van der Waals surface area contributed by atoms with Gasteiger partial charge in [-0.15, -0.1) is 0 Å². The zero-order chi connectivity index (χ0) is 15.4. The van der Waals surface area contributed by atoms with Crippen LogP contribution in [0.15, 0.2) is 12.1 Å². The standard InChI is InChI=1S/C18H30N2O/c1-5-15(19)11-17-18(9-7-14(4)20-17)21-16-8-6-12(2)13(3)10-16/h7,9,12-13,15-16H,5-6,8,10-11,19H2,1-4H3. The highest BCUT2D eigenvalue weighted by molar-refractivity contribution is 5.30. The summed E-state index contributed by atoms with van der Waals surface area (Å²) in [6, 6.07) is 4.26. The van der Waals surface area contributed by atoms with Gasteiger partial charge in [0.15, 0.2) is 0 Å². The number of aryl methyl sites for hydroxylation is 1. The molecule has 3 nitrogen and oxygen atoms in total. The van der Waals surface area contributed by atoms with Crippen LogP contribution >= 0.6 is 0 Å². The molecule has 1 heterocycles. The van der Waals surface area contributed by atoms with Gasteiger partial charge in [-0.2, -0.15) is 0 Å². The van der Waals surface area contributed by atoms with Crippen LogP contribution in [-0.2, 0) is 6.42 Å². The molecule has 0 aromatic carbocycles. The summed E-state index contributed by atoms with van der Waals surface area (Å²) in [5, 5.41) is 0. The van der Waals surface area contributed by atoms with Crippen molar-refractivity contribution in [1.82, 2.24) is 4.98 Å². The number of rotatable bonds is 5. The Morgan fingerprint density at radius 1 is 1.29 bits per heavy atom. The summed E-state index contributed by atoms with van der Waals surface area (Å²) < 4.78 is 6.29. The molecule has 1 fully saturated rings. The van der Waals surface area contributed by atoms with Gasteiger partial charge in [0, 0.05) is 18.2 Å². The maximum Gasteiger partial charge on any atom is 0.141 e. The predicted octanol–water partition coefficient (Wildman–Crippen LogP) is 3.87. The maximum atomic E-state index is 6.29. The van der Waals surface area contributed by atoms with Crippen LogP contribution in [0.4, 0.5) is 0 Å². The molecular formula is C18H30N2O. The van der Waals surface area contributed by atoms with Crippen molar-refractivity contribution < 1.29 is 4.74 Å². The quantitative estimate of drug-likeness (QED) is 0.895. The third-order valence-corrected chi connectivity index (χ3v) is 4.90. The van der Waals surface area contributed by atoms with Gasteiger partial charge in [0.05, 0.1) is 11.8 Å². The van der Waals surface area contributed by atoms with E-state index in [1.807, 2.05) is 13.0 Å². The zero-order valence-corrected chi connectivity index (χ0v) is 13.9. The van der Waals surface area contributed by atoms with Crippen molar-refractivity contribution in [3.63, 3.8) is 0 Å². The molecule has 1 aromatic rings. The number of hydrogen-bond acceptors (Lipinski definition) is 3. The van der Waals surface area contributed by atoms with Crippen LogP contribution in [0.1, 0.15) is 57.8 Å². The van der Waals surface area contributed by atoms with Gasteiger partial charge >= 0.3 is 0 Å². The first kappa shape index (κ1) is 16.3. The second kappa shape index (κ2) is 7.26. The fourth-order valence-corrected chi connectivity index (χ4v) is 3.03. The molecule has 1 aromatic heterocycles. The van der Waals surface area contributed by atoms with Crippen LogP contribution < -0.4 is 10.5 Å². The van der Waals surface area contributed by atoms with Crippen LogP contribution in [0.3, 0.4) is 0 Å². The van der Waals surface area contributed by atoms with Crippen molar-refractivity contribution in [3.8, 4) is 5.75 Å². The first-order chi connectivity index (χ1) is 9.99. The molecular weight excluding hydrogens is 260 g/mol. The van der Waals surface area contributed by atoms with Gasteiger partial charge in [-0.05, 0) is 56.6 Å². The van der Waals surface area contributed by atoms with E-state index in [9.17, 15) is 0 Å². The summed E-state index contributed by atoms with van der Waals surface area (Å²) in [7, 11) is 0. The van der Waals surface area contributed by atoms with E-state index in [1.54, 1.807) is 0 Å². The van der Waals surface area contributed by atoms with E-state index in [1.165, 1.54) is 6.42 Å². The van der Waals surface area contributed by atoms with Crippen molar-refractivity contribution in [1.29, 1.82) is 0 Å². The van der Waals surface area contributed by atoms with Gasteiger partial charge in [-0.25, -0.2) is 0 Å². The van der Waals surface area contributed by atoms with Gasteiger partial charge in [-0.1, -0.05) is 20.8 Å². The molecule has 0 spiro atoms. The second-order valence-electron chi connectivity index (χ2n) is 6.78. The monoisotopic (exact) mass is 290 g/mol. The van der Waals surface area contributed by atoms with E-state index in [0.717, 1.165) is 54.7 Å². The molecule has 0 amide bonds. The van der Waals surface area contributed by atoms with Gasteiger partial charge in [0.2, 0.25) is 0 Å². The van der Waals surface area contributed by atoms with E-state index in [0.29, 0.717) is 6.10 Å². The van der Waals surface area contributed by atoms with Crippen molar-refractivity contribution in [2.75, 3.05) is 0 Å². The Kier molecular flexibility index (Phi) is 5.63. The molecule has 0 saturated heterocycles. The average Bonchev–Trinajstić information content (AvgIpc) is 2.45. The van der Waals surface area contributed by atoms with E-state index >= 15 is 0 Å². The number of hydrogen-bond donors (Lipinski definition) is 1. The molecule has 0 bridgehead atoms. The molecule has 118 valence electrons. The van der Waals surface area contributed by atoms with Gasteiger partial charge in [0.1, 0.15) is 5.75 Å². The lowest BCUT2D eigenvalue weighted by Crippen LogP contribution is -2.29. The number of nitrogens with zero attached hydrogens (tertiary/aromatic N) is 1. The molecule has 0 aliphatic heterocycles. The highest BCUT2D eigenvalue weighted by Gasteiger charge is 2.26. The highest BCUT2D eigenvalue weighted by atomic mass is 16.5.